The summed E-state index contributed by atoms with van der Waals surface area (Å²) in [6.45, 7) is 2.63. The molecule has 0 amide bonds. The van der Waals surface area contributed by atoms with E-state index in [-0.39, 0.29) is 11.5 Å². The molecule has 0 saturated heterocycles. The third kappa shape index (κ3) is 3.97. The molecule has 2 aromatic carbocycles. The molecule has 0 bridgehead atoms. The van der Waals surface area contributed by atoms with Gasteiger partial charge in [-0.1, -0.05) is 30.3 Å². The van der Waals surface area contributed by atoms with Crippen molar-refractivity contribution in [1.82, 2.24) is 4.90 Å². The predicted octanol–water partition coefficient (Wildman–Crippen LogP) is 4.01. The minimum absolute atomic E-state index is 0.0455. The lowest BCUT2D eigenvalue weighted by Crippen LogP contribution is -2.42. The molecule has 0 saturated carbocycles. The van der Waals surface area contributed by atoms with Crippen molar-refractivity contribution in [1.29, 1.82) is 0 Å². The Hall–Kier alpha value is -2.60. The van der Waals surface area contributed by atoms with Crippen LogP contribution in [0.15, 0.2) is 53.6 Å². The molecule has 3 rings (SSSR count). The minimum atomic E-state index is -0.665. The third-order valence-electron chi connectivity index (χ3n) is 5.15. The van der Waals surface area contributed by atoms with Crippen LogP contribution in [0.4, 0.5) is 14.5 Å². The molecule has 1 unspecified atom stereocenters. The lowest BCUT2D eigenvalue weighted by Gasteiger charge is -2.31. The van der Waals surface area contributed by atoms with Crippen molar-refractivity contribution < 1.29 is 13.6 Å². The number of rotatable bonds is 7. The summed E-state index contributed by atoms with van der Waals surface area (Å²) in [6.07, 6.45) is 1.52. The van der Waals surface area contributed by atoms with Crippen LogP contribution in [0.1, 0.15) is 25.3 Å². The van der Waals surface area contributed by atoms with Crippen LogP contribution < -0.4 is 5.01 Å². The van der Waals surface area contributed by atoms with E-state index in [1.165, 1.54) is 11.9 Å². The minimum Gasteiger partial charge on any atom is -0.309 e. The van der Waals surface area contributed by atoms with E-state index < -0.39 is 17.0 Å². The van der Waals surface area contributed by atoms with Gasteiger partial charge < -0.3 is 4.90 Å². The van der Waals surface area contributed by atoms with E-state index >= 15 is 0 Å². The fourth-order valence-corrected chi connectivity index (χ4v) is 3.84. The molecule has 0 N–H and O–H groups in total. The van der Waals surface area contributed by atoms with Crippen molar-refractivity contribution in [3.8, 4) is 0 Å². The van der Waals surface area contributed by atoms with Crippen LogP contribution >= 0.6 is 0 Å². The first-order valence-corrected chi connectivity index (χ1v) is 9.36. The maximum atomic E-state index is 14.4. The Labute approximate surface area is 164 Å². The second kappa shape index (κ2) is 8.19. The average Bonchev–Trinajstić information content (AvgIpc) is 3.05. The maximum Gasteiger partial charge on any atom is 0.176 e. The van der Waals surface area contributed by atoms with E-state index in [0.717, 1.165) is 36.7 Å². The number of carbonyl (C=O) groups is 1. The van der Waals surface area contributed by atoms with Crippen LogP contribution in [0.2, 0.25) is 0 Å². The molecule has 28 heavy (non-hydrogen) atoms. The van der Waals surface area contributed by atoms with Gasteiger partial charge >= 0.3 is 0 Å². The molecule has 0 aromatic heterocycles. The van der Waals surface area contributed by atoms with E-state index in [2.05, 4.69) is 10.0 Å². The predicted molar refractivity (Wildman–Crippen MR) is 108 cm³/mol. The van der Waals surface area contributed by atoms with Crippen molar-refractivity contribution in [3.05, 3.63) is 65.7 Å². The highest BCUT2D eigenvalue weighted by Crippen LogP contribution is 2.39. The zero-order valence-electron chi connectivity index (χ0n) is 16.5. The van der Waals surface area contributed by atoms with Gasteiger partial charge in [0.1, 0.15) is 17.3 Å². The Bertz CT molecular complexity index is 883. The highest BCUT2D eigenvalue weighted by atomic mass is 19.1. The summed E-state index contributed by atoms with van der Waals surface area (Å²) in [5.74, 6) is -1.26. The van der Waals surface area contributed by atoms with Gasteiger partial charge in [-0.15, -0.1) is 0 Å². The fraction of sp³-hybridized carbons (Fsp3) is 0.364. The maximum absolute atomic E-state index is 14.4. The van der Waals surface area contributed by atoms with E-state index in [9.17, 15) is 13.6 Å². The molecule has 0 fully saturated rings. The standard InChI is InChI=1S/C22H25F2N3O/c1-16(28)21-22(12-7-13-26(2)3,17-8-5-4-6-9-17)15-27(25-21)20-14-18(23)10-11-19(20)24/h4-6,8-11,14H,7,12-13,15H2,1-3H3. The van der Waals surface area contributed by atoms with Gasteiger partial charge in [0, 0.05) is 13.0 Å². The van der Waals surface area contributed by atoms with Gasteiger partial charge in [0.25, 0.3) is 0 Å². The number of hydrogen-bond acceptors (Lipinski definition) is 4. The molecular weight excluding hydrogens is 360 g/mol. The Morgan fingerprint density at radius 3 is 2.54 bits per heavy atom. The lowest BCUT2D eigenvalue weighted by molar-refractivity contribution is -0.111. The SMILES string of the molecule is CC(=O)C1=NN(c2cc(F)ccc2F)CC1(CCCN(C)C)c1ccccc1. The number of Topliss-reactive ketones (excluding diaryl/α,β-unsaturated/α-hetero) is 1. The molecular formula is C22H25F2N3O. The quantitative estimate of drug-likeness (QED) is 0.723. The summed E-state index contributed by atoms with van der Waals surface area (Å²) in [5, 5.41) is 5.90. The van der Waals surface area contributed by atoms with E-state index in [1.54, 1.807) is 0 Å². The summed E-state index contributed by atoms with van der Waals surface area (Å²) in [5.41, 5.74) is 0.731. The molecule has 6 heteroatoms. The van der Waals surface area contributed by atoms with Crippen LogP contribution in [-0.4, -0.2) is 43.6 Å². The van der Waals surface area contributed by atoms with Crippen LogP contribution in [0.25, 0.3) is 0 Å². The Balaban J connectivity index is 2.06. The molecule has 1 aliphatic rings. The Morgan fingerprint density at radius 1 is 1.18 bits per heavy atom. The number of anilines is 1. The highest BCUT2D eigenvalue weighted by molar-refractivity contribution is 6.43. The van der Waals surface area contributed by atoms with Crippen molar-refractivity contribution in [2.24, 2.45) is 5.10 Å². The summed E-state index contributed by atoms with van der Waals surface area (Å²) in [7, 11) is 4.00. The zero-order chi connectivity index (χ0) is 20.3. The summed E-state index contributed by atoms with van der Waals surface area (Å²) in [6, 6.07) is 13.0. The number of ketones is 1. The summed E-state index contributed by atoms with van der Waals surface area (Å²) >= 11 is 0. The van der Waals surface area contributed by atoms with Gasteiger partial charge in [-0.2, -0.15) is 5.10 Å². The van der Waals surface area contributed by atoms with Gasteiger partial charge in [-0.25, -0.2) is 8.78 Å². The van der Waals surface area contributed by atoms with Gasteiger partial charge in [-0.3, -0.25) is 9.80 Å². The molecule has 1 heterocycles. The Kier molecular flexibility index (Phi) is 5.89. The number of benzene rings is 2. The molecule has 148 valence electrons. The van der Waals surface area contributed by atoms with E-state index in [1.807, 2.05) is 44.4 Å². The summed E-state index contributed by atoms with van der Waals surface area (Å²) in [4.78, 5) is 14.6. The number of hydrazone groups is 1. The zero-order valence-corrected chi connectivity index (χ0v) is 16.5. The molecule has 1 atom stereocenters. The van der Waals surface area contributed by atoms with Crippen molar-refractivity contribution in [2.75, 3.05) is 32.2 Å². The number of carbonyl (C=O) groups excluding carboxylic acids is 1. The molecule has 1 aliphatic heterocycles. The second-order valence-corrected chi connectivity index (χ2v) is 7.51. The molecule has 0 aliphatic carbocycles. The molecule has 0 spiro atoms. The summed E-state index contributed by atoms with van der Waals surface area (Å²) < 4.78 is 28.1. The first-order valence-electron chi connectivity index (χ1n) is 9.36. The first-order chi connectivity index (χ1) is 13.3. The van der Waals surface area contributed by atoms with Crippen molar-refractivity contribution in [2.45, 2.75) is 25.2 Å². The van der Waals surface area contributed by atoms with Gasteiger partial charge in [0.05, 0.1) is 17.6 Å². The number of halogens is 2. The fourth-order valence-electron chi connectivity index (χ4n) is 3.84. The third-order valence-corrected chi connectivity index (χ3v) is 5.15. The smallest absolute Gasteiger partial charge is 0.176 e. The van der Waals surface area contributed by atoms with Crippen LogP contribution in [0, 0.1) is 11.6 Å². The molecule has 2 aromatic rings. The van der Waals surface area contributed by atoms with Gasteiger partial charge in [0.15, 0.2) is 5.78 Å². The highest BCUT2D eigenvalue weighted by Gasteiger charge is 2.46. The number of nitrogens with zero attached hydrogens (tertiary/aromatic N) is 3. The van der Waals surface area contributed by atoms with Crippen molar-refractivity contribution >= 4 is 17.2 Å². The van der Waals surface area contributed by atoms with E-state index in [4.69, 9.17) is 0 Å². The molecule has 4 nitrogen and oxygen atoms in total. The monoisotopic (exact) mass is 385 g/mol. The second-order valence-electron chi connectivity index (χ2n) is 7.51. The van der Waals surface area contributed by atoms with Crippen LogP contribution in [-0.2, 0) is 10.2 Å². The largest absolute Gasteiger partial charge is 0.309 e. The van der Waals surface area contributed by atoms with E-state index in [0.29, 0.717) is 18.7 Å². The van der Waals surface area contributed by atoms with Crippen molar-refractivity contribution in [3.63, 3.8) is 0 Å². The topological polar surface area (TPSA) is 35.9 Å². The Morgan fingerprint density at radius 2 is 1.89 bits per heavy atom. The van der Waals surface area contributed by atoms with Crippen LogP contribution in [0.5, 0.6) is 0 Å². The first kappa shape index (κ1) is 20.1. The van der Waals surface area contributed by atoms with Gasteiger partial charge in [0.2, 0.25) is 0 Å². The number of hydrogen-bond donors (Lipinski definition) is 0. The van der Waals surface area contributed by atoms with Gasteiger partial charge in [-0.05, 0) is 51.2 Å². The molecule has 0 radical (unpaired) electrons. The van der Waals surface area contributed by atoms with Crippen LogP contribution in [0.3, 0.4) is 0 Å². The average molecular weight is 385 g/mol. The lowest BCUT2D eigenvalue weighted by atomic mass is 9.72. The normalized spacial score (nSPS) is 19.2.